The molecule has 0 radical (unpaired) electrons. The van der Waals surface area contributed by atoms with Crippen molar-refractivity contribution in [2.45, 2.75) is 82.9 Å². The monoisotopic (exact) mass is 363 g/mol. The topological polar surface area (TPSA) is 51.3 Å². The molecule has 5 fully saturated rings. The fourth-order valence-electron chi connectivity index (χ4n) is 6.97. The van der Waals surface area contributed by atoms with Crippen LogP contribution in [0.4, 0.5) is 0 Å². The number of morpholine rings is 1. The molecule has 3 heterocycles. The minimum absolute atomic E-state index is 0.00551. The fraction of sp³-hybridized carbons (Fsp3) is 0.952. The SMILES string of the molecule is CC1CN(CC2C(=O)OC34C(CCC5(C)OC53)C(C)CCC24)CC(C)O1. The number of carbonyl (C=O) groups excluding carboxylic acids is 1. The number of hydrogen-bond acceptors (Lipinski definition) is 5. The van der Waals surface area contributed by atoms with Crippen LogP contribution in [0.15, 0.2) is 0 Å². The first-order valence-corrected chi connectivity index (χ1v) is 10.6. The molecule has 26 heavy (non-hydrogen) atoms. The van der Waals surface area contributed by atoms with Crippen molar-refractivity contribution in [3.05, 3.63) is 0 Å². The number of fused-ring (bicyclic) bond motifs is 1. The Morgan fingerprint density at radius 3 is 2.54 bits per heavy atom. The van der Waals surface area contributed by atoms with Crippen LogP contribution in [0.3, 0.4) is 0 Å². The van der Waals surface area contributed by atoms with E-state index in [1.54, 1.807) is 0 Å². The van der Waals surface area contributed by atoms with Gasteiger partial charge in [-0.05, 0) is 52.4 Å². The number of esters is 1. The lowest BCUT2D eigenvalue weighted by atomic mass is 9.55. The van der Waals surface area contributed by atoms with Gasteiger partial charge in [0.05, 0.1) is 23.7 Å². The fourth-order valence-corrected chi connectivity index (χ4v) is 6.97. The van der Waals surface area contributed by atoms with Gasteiger partial charge in [-0.15, -0.1) is 0 Å². The first-order valence-electron chi connectivity index (χ1n) is 10.6. The maximum absolute atomic E-state index is 13.1. The molecule has 0 aromatic heterocycles. The van der Waals surface area contributed by atoms with Gasteiger partial charge in [0, 0.05) is 31.5 Å². The van der Waals surface area contributed by atoms with Gasteiger partial charge < -0.3 is 14.2 Å². The molecule has 0 bridgehead atoms. The molecule has 1 spiro atoms. The van der Waals surface area contributed by atoms with Gasteiger partial charge in [-0.2, -0.15) is 0 Å². The molecule has 9 atom stereocenters. The molecule has 146 valence electrons. The molecular weight excluding hydrogens is 330 g/mol. The molecule has 2 saturated carbocycles. The number of carbonyl (C=O) groups is 1. The average molecular weight is 363 g/mol. The summed E-state index contributed by atoms with van der Waals surface area (Å²) in [5.74, 6) is 1.43. The highest BCUT2D eigenvalue weighted by atomic mass is 16.7. The summed E-state index contributed by atoms with van der Waals surface area (Å²) >= 11 is 0. The van der Waals surface area contributed by atoms with Crippen molar-refractivity contribution in [1.82, 2.24) is 4.90 Å². The third-order valence-corrected chi connectivity index (χ3v) is 8.04. The summed E-state index contributed by atoms with van der Waals surface area (Å²) in [5, 5.41) is 0. The largest absolute Gasteiger partial charge is 0.455 e. The Labute approximate surface area is 156 Å². The van der Waals surface area contributed by atoms with E-state index in [4.69, 9.17) is 14.2 Å². The lowest BCUT2D eigenvalue weighted by molar-refractivity contribution is -0.168. The summed E-state index contributed by atoms with van der Waals surface area (Å²) in [4.78, 5) is 15.5. The van der Waals surface area contributed by atoms with Crippen molar-refractivity contribution in [3.63, 3.8) is 0 Å². The number of ether oxygens (including phenoxy) is 3. The van der Waals surface area contributed by atoms with Gasteiger partial charge in [0.25, 0.3) is 0 Å². The summed E-state index contributed by atoms with van der Waals surface area (Å²) < 4.78 is 18.4. The van der Waals surface area contributed by atoms with Crippen LogP contribution in [0.1, 0.15) is 53.4 Å². The standard InChI is InChI=1S/C21H33NO4/c1-12-5-6-17-15(11-22-9-13(2)24-14(3)10-22)18(23)25-21(17)16(12)7-8-20(4)19(21)26-20/h12-17,19H,5-11H2,1-4H3. The zero-order valence-electron chi connectivity index (χ0n) is 16.6. The normalized spacial score (nSPS) is 56.3. The third kappa shape index (κ3) is 2.36. The Balaban J connectivity index is 1.42. The molecule has 5 aliphatic rings. The Morgan fingerprint density at radius 2 is 1.81 bits per heavy atom. The first-order chi connectivity index (χ1) is 12.3. The zero-order chi connectivity index (χ0) is 18.3. The smallest absolute Gasteiger partial charge is 0.311 e. The van der Waals surface area contributed by atoms with Crippen LogP contribution in [-0.4, -0.2) is 60.0 Å². The Hall–Kier alpha value is -0.650. The van der Waals surface area contributed by atoms with Gasteiger partial charge in [-0.3, -0.25) is 9.69 Å². The van der Waals surface area contributed by atoms with Crippen molar-refractivity contribution in [2.24, 2.45) is 23.7 Å². The number of nitrogens with zero attached hydrogens (tertiary/aromatic N) is 1. The third-order valence-electron chi connectivity index (χ3n) is 8.04. The lowest BCUT2D eigenvalue weighted by Crippen LogP contribution is -2.58. The van der Waals surface area contributed by atoms with E-state index in [2.05, 4.69) is 32.6 Å². The van der Waals surface area contributed by atoms with Crippen molar-refractivity contribution < 1.29 is 19.0 Å². The van der Waals surface area contributed by atoms with Crippen LogP contribution in [0.5, 0.6) is 0 Å². The van der Waals surface area contributed by atoms with Crippen LogP contribution in [0.2, 0.25) is 0 Å². The van der Waals surface area contributed by atoms with Gasteiger partial charge in [0.1, 0.15) is 11.7 Å². The van der Waals surface area contributed by atoms with Gasteiger partial charge in [0.15, 0.2) is 0 Å². The number of hydrogen-bond donors (Lipinski definition) is 0. The summed E-state index contributed by atoms with van der Waals surface area (Å²) in [6, 6.07) is 0. The average Bonchev–Trinajstić information content (AvgIpc) is 3.18. The second kappa shape index (κ2) is 5.68. The Bertz CT molecular complexity index is 601. The maximum atomic E-state index is 13.1. The van der Waals surface area contributed by atoms with Gasteiger partial charge in [-0.25, -0.2) is 0 Å². The Morgan fingerprint density at radius 1 is 1.08 bits per heavy atom. The van der Waals surface area contributed by atoms with E-state index in [0.717, 1.165) is 38.9 Å². The van der Waals surface area contributed by atoms with Crippen LogP contribution in [-0.2, 0) is 19.0 Å². The first kappa shape index (κ1) is 17.4. The van der Waals surface area contributed by atoms with Crippen LogP contribution in [0, 0.1) is 23.7 Å². The van der Waals surface area contributed by atoms with Crippen molar-refractivity contribution in [1.29, 1.82) is 0 Å². The Kier molecular flexibility index (Phi) is 3.81. The predicted octanol–water partition coefficient (Wildman–Crippen LogP) is 2.62. The van der Waals surface area contributed by atoms with Gasteiger partial charge in [0.2, 0.25) is 0 Å². The highest BCUT2D eigenvalue weighted by Crippen LogP contribution is 2.66. The highest BCUT2D eigenvalue weighted by Gasteiger charge is 2.77. The second-order valence-corrected chi connectivity index (χ2v) is 9.97. The molecular formula is C21H33NO4. The van der Waals surface area contributed by atoms with E-state index in [1.165, 1.54) is 6.42 Å². The van der Waals surface area contributed by atoms with E-state index < -0.39 is 0 Å². The van der Waals surface area contributed by atoms with Crippen molar-refractivity contribution in [2.75, 3.05) is 19.6 Å². The minimum atomic E-state index is -0.351. The molecule has 0 aromatic rings. The summed E-state index contributed by atoms with van der Waals surface area (Å²) in [6.45, 7) is 11.4. The van der Waals surface area contributed by atoms with E-state index >= 15 is 0 Å². The molecule has 0 aromatic carbocycles. The summed E-state index contributed by atoms with van der Waals surface area (Å²) in [7, 11) is 0. The molecule has 5 rings (SSSR count). The molecule has 9 unspecified atom stereocenters. The van der Waals surface area contributed by atoms with Gasteiger partial charge >= 0.3 is 5.97 Å². The molecule has 2 aliphatic carbocycles. The van der Waals surface area contributed by atoms with E-state index in [9.17, 15) is 4.79 Å². The quantitative estimate of drug-likeness (QED) is 0.558. The van der Waals surface area contributed by atoms with Crippen molar-refractivity contribution >= 4 is 5.97 Å². The van der Waals surface area contributed by atoms with Crippen molar-refractivity contribution in [3.8, 4) is 0 Å². The van der Waals surface area contributed by atoms with E-state index in [-0.39, 0.29) is 41.4 Å². The number of rotatable bonds is 2. The minimum Gasteiger partial charge on any atom is -0.455 e. The summed E-state index contributed by atoms with van der Waals surface area (Å²) in [5.41, 5.74) is -0.404. The molecule has 3 aliphatic heterocycles. The lowest BCUT2D eigenvalue weighted by Gasteiger charge is -2.50. The summed E-state index contributed by atoms with van der Waals surface area (Å²) in [6.07, 6.45) is 5.14. The molecule has 5 nitrogen and oxygen atoms in total. The van der Waals surface area contributed by atoms with Gasteiger partial charge in [-0.1, -0.05) is 6.92 Å². The molecule has 0 N–H and O–H groups in total. The highest BCUT2D eigenvalue weighted by molar-refractivity contribution is 5.77. The van der Waals surface area contributed by atoms with Crippen LogP contribution < -0.4 is 0 Å². The van der Waals surface area contributed by atoms with E-state index in [0.29, 0.717) is 17.8 Å². The van der Waals surface area contributed by atoms with E-state index in [1.807, 2.05) is 0 Å². The maximum Gasteiger partial charge on any atom is 0.311 e. The van der Waals surface area contributed by atoms with Crippen LogP contribution in [0.25, 0.3) is 0 Å². The predicted molar refractivity (Wildman–Crippen MR) is 96.7 cm³/mol. The zero-order valence-corrected chi connectivity index (χ0v) is 16.6. The molecule has 5 heteroatoms. The number of epoxide rings is 1. The molecule has 3 saturated heterocycles. The second-order valence-electron chi connectivity index (χ2n) is 9.97. The van der Waals surface area contributed by atoms with Crippen LogP contribution >= 0.6 is 0 Å². The molecule has 0 amide bonds.